The van der Waals surface area contributed by atoms with Crippen LogP contribution in [0.25, 0.3) is 0 Å². The van der Waals surface area contributed by atoms with E-state index in [4.69, 9.17) is 4.52 Å². The van der Waals surface area contributed by atoms with Crippen molar-refractivity contribution in [3.8, 4) is 0 Å². The summed E-state index contributed by atoms with van der Waals surface area (Å²) in [5, 5.41) is 13.8. The zero-order valence-electron chi connectivity index (χ0n) is 11.9. The fourth-order valence-electron chi connectivity index (χ4n) is 3.83. The molecule has 0 radical (unpaired) electrons. The average Bonchev–Trinajstić information content (AvgIpc) is 3.02. The molecule has 20 heavy (non-hydrogen) atoms. The number of nitrogens with zero attached hydrogens (tertiary/aromatic N) is 1. The van der Waals surface area contributed by atoms with Gasteiger partial charge in [0.25, 0.3) is 0 Å². The summed E-state index contributed by atoms with van der Waals surface area (Å²) >= 11 is 0. The Balaban J connectivity index is 1.91. The summed E-state index contributed by atoms with van der Waals surface area (Å²) in [7, 11) is 0. The quantitative estimate of drug-likeness (QED) is 0.828. The number of hydrogen-bond donors (Lipinski definition) is 1. The summed E-state index contributed by atoms with van der Waals surface area (Å²) in [4.78, 5) is 11.7. The van der Waals surface area contributed by atoms with Crippen LogP contribution in [0.4, 0.5) is 0 Å². The van der Waals surface area contributed by atoms with E-state index < -0.39 is 5.97 Å². The lowest BCUT2D eigenvalue weighted by atomic mass is 9.90. The molecular formula is C16H23NO3. The van der Waals surface area contributed by atoms with Gasteiger partial charge in [-0.3, -0.25) is 0 Å². The fourth-order valence-corrected chi connectivity index (χ4v) is 3.83. The van der Waals surface area contributed by atoms with Gasteiger partial charge in [0.05, 0.1) is 0 Å². The largest absolute Gasteiger partial charge is 0.477 e. The Morgan fingerprint density at radius 3 is 2.10 bits per heavy atom. The molecule has 0 amide bonds. The van der Waals surface area contributed by atoms with Crippen LogP contribution in [-0.4, -0.2) is 16.2 Å². The van der Waals surface area contributed by atoms with Crippen molar-refractivity contribution >= 4 is 5.97 Å². The maximum absolute atomic E-state index is 11.7. The summed E-state index contributed by atoms with van der Waals surface area (Å²) in [6.07, 6.45) is 11.4. The molecule has 2 saturated carbocycles. The molecule has 2 aliphatic rings. The van der Waals surface area contributed by atoms with E-state index in [1.54, 1.807) is 0 Å². The minimum atomic E-state index is -0.854. The molecule has 4 heteroatoms. The zero-order valence-corrected chi connectivity index (χ0v) is 11.9. The number of aromatic nitrogens is 1. The van der Waals surface area contributed by atoms with Crippen molar-refractivity contribution in [3.05, 3.63) is 17.0 Å². The summed E-state index contributed by atoms with van der Waals surface area (Å²) < 4.78 is 5.50. The maximum Gasteiger partial charge on any atom is 0.341 e. The Hall–Kier alpha value is -1.32. The van der Waals surface area contributed by atoms with Crippen molar-refractivity contribution < 1.29 is 14.4 Å². The first-order chi connectivity index (χ1) is 9.77. The highest BCUT2D eigenvalue weighted by atomic mass is 16.5. The van der Waals surface area contributed by atoms with Gasteiger partial charge < -0.3 is 9.63 Å². The Morgan fingerprint density at radius 1 is 0.950 bits per heavy atom. The molecule has 1 aromatic rings. The molecule has 0 saturated heterocycles. The molecule has 110 valence electrons. The smallest absolute Gasteiger partial charge is 0.341 e. The Morgan fingerprint density at radius 2 is 1.50 bits per heavy atom. The van der Waals surface area contributed by atoms with Gasteiger partial charge in [-0.1, -0.05) is 43.7 Å². The normalized spacial score (nSPS) is 22.0. The minimum absolute atomic E-state index is 0.271. The molecule has 0 aromatic carbocycles. The van der Waals surface area contributed by atoms with Crippen LogP contribution < -0.4 is 0 Å². The van der Waals surface area contributed by atoms with Crippen LogP contribution in [0.5, 0.6) is 0 Å². The predicted octanol–water partition coefficient (Wildman–Crippen LogP) is 4.47. The highest BCUT2D eigenvalue weighted by molar-refractivity contribution is 5.90. The molecule has 0 bridgehead atoms. The first-order valence-electron chi connectivity index (χ1n) is 8.00. The summed E-state index contributed by atoms with van der Waals surface area (Å²) in [6.45, 7) is 0. The molecule has 0 unspecified atom stereocenters. The summed E-state index contributed by atoms with van der Waals surface area (Å²) in [5.74, 6) is 0.345. The van der Waals surface area contributed by atoms with E-state index in [2.05, 4.69) is 5.16 Å². The van der Waals surface area contributed by atoms with E-state index in [1.807, 2.05) is 0 Å². The fraction of sp³-hybridized carbons (Fsp3) is 0.750. The van der Waals surface area contributed by atoms with E-state index in [-0.39, 0.29) is 11.8 Å². The highest BCUT2D eigenvalue weighted by Gasteiger charge is 2.33. The zero-order chi connectivity index (χ0) is 13.9. The third-order valence-corrected chi connectivity index (χ3v) is 4.93. The molecule has 0 spiro atoms. The average molecular weight is 277 g/mol. The van der Waals surface area contributed by atoms with Gasteiger partial charge in [-0.05, 0) is 25.7 Å². The first-order valence-corrected chi connectivity index (χ1v) is 8.00. The van der Waals surface area contributed by atoms with E-state index in [0.717, 1.165) is 31.4 Å². The van der Waals surface area contributed by atoms with Crippen LogP contribution in [0, 0.1) is 0 Å². The van der Waals surface area contributed by atoms with Crippen molar-refractivity contribution in [2.75, 3.05) is 0 Å². The lowest BCUT2D eigenvalue weighted by Crippen LogP contribution is -2.09. The lowest BCUT2D eigenvalue weighted by molar-refractivity contribution is 0.0692. The van der Waals surface area contributed by atoms with Crippen LogP contribution >= 0.6 is 0 Å². The number of carboxylic acid groups (broad SMARTS) is 1. The predicted molar refractivity (Wildman–Crippen MR) is 75.1 cm³/mol. The third-order valence-electron chi connectivity index (χ3n) is 4.93. The van der Waals surface area contributed by atoms with Crippen LogP contribution in [0.1, 0.15) is 97.9 Å². The Labute approximate surface area is 119 Å². The van der Waals surface area contributed by atoms with Crippen molar-refractivity contribution in [2.24, 2.45) is 0 Å². The molecule has 2 fully saturated rings. The second kappa shape index (κ2) is 5.98. The van der Waals surface area contributed by atoms with Gasteiger partial charge in [0.1, 0.15) is 11.3 Å². The molecule has 1 heterocycles. The lowest BCUT2D eigenvalue weighted by Gasteiger charge is -2.12. The van der Waals surface area contributed by atoms with Gasteiger partial charge >= 0.3 is 5.97 Å². The van der Waals surface area contributed by atoms with E-state index in [0.29, 0.717) is 11.3 Å². The topological polar surface area (TPSA) is 63.3 Å². The van der Waals surface area contributed by atoms with Crippen LogP contribution in [0.2, 0.25) is 0 Å². The minimum Gasteiger partial charge on any atom is -0.477 e. The molecule has 3 rings (SSSR count). The number of aromatic carboxylic acids is 1. The van der Waals surface area contributed by atoms with Crippen molar-refractivity contribution in [2.45, 2.75) is 76.0 Å². The van der Waals surface area contributed by atoms with E-state index in [1.165, 1.54) is 38.5 Å². The highest BCUT2D eigenvalue weighted by Crippen LogP contribution is 2.40. The number of rotatable bonds is 3. The van der Waals surface area contributed by atoms with Crippen LogP contribution in [0.3, 0.4) is 0 Å². The van der Waals surface area contributed by atoms with Gasteiger partial charge in [0.2, 0.25) is 0 Å². The van der Waals surface area contributed by atoms with Crippen LogP contribution in [0.15, 0.2) is 4.52 Å². The number of carboxylic acids is 1. The van der Waals surface area contributed by atoms with Crippen molar-refractivity contribution in [1.82, 2.24) is 5.16 Å². The molecule has 2 aliphatic carbocycles. The summed E-state index contributed by atoms with van der Waals surface area (Å²) in [5.41, 5.74) is 1.12. The first kappa shape index (κ1) is 13.7. The molecular weight excluding hydrogens is 254 g/mol. The summed E-state index contributed by atoms with van der Waals surface area (Å²) in [6, 6.07) is 0. The molecule has 4 nitrogen and oxygen atoms in total. The molecule has 1 aromatic heterocycles. The van der Waals surface area contributed by atoms with E-state index in [9.17, 15) is 9.90 Å². The second-order valence-electron chi connectivity index (χ2n) is 6.28. The Kier molecular flexibility index (Phi) is 4.08. The van der Waals surface area contributed by atoms with Gasteiger partial charge in [-0.15, -0.1) is 0 Å². The third kappa shape index (κ3) is 2.60. The van der Waals surface area contributed by atoms with Gasteiger partial charge in [0.15, 0.2) is 5.76 Å². The van der Waals surface area contributed by atoms with Gasteiger partial charge in [-0.25, -0.2) is 4.79 Å². The Bertz CT molecular complexity index is 466. The second-order valence-corrected chi connectivity index (χ2v) is 6.28. The number of hydrogen-bond acceptors (Lipinski definition) is 3. The molecule has 0 aliphatic heterocycles. The molecule has 0 atom stereocenters. The van der Waals surface area contributed by atoms with Crippen molar-refractivity contribution in [3.63, 3.8) is 0 Å². The standard InChI is InChI=1S/C16H23NO3/c18-16(19)13-14(11-7-3-1-2-4-8-11)17-20-15(13)12-9-5-6-10-12/h11-12H,1-10H2,(H,18,19). The SMILES string of the molecule is O=C(O)c1c(C2CCCCCC2)noc1C1CCCC1. The van der Waals surface area contributed by atoms with Gasteiger partial charge in [-0.2, -0.15) is 0 Å². The van der Waals surface area contributed by atoms with E-state index >= 15 is 0 Å². The monoisotopic (exact) mass is 277 g/mol. The van der Waals surface area contributed by atoms with Crippen LogP contribution in [-0.2, 0) is 0 Å². The molecule has 1 N–H and O–H groups in total. The van der Waals surface area contributed by atoms with Crippen molar-refractivity contribution in [1.29, 1.82) is 0 Å². The number of carbonyl (C=O) groups is 1. The maximum atomic E-state index is 11.7. The van der Waals surface area contributed by atoms with Gasteiger partial charge in [0, 0.05) is 11.8 Å².